The highest BCUT2D eigenvalue weighted by Gasteiger charge is 2.16. The maximum absolute atomic E-state index is 9.13. The Morgan fingerprint density at radius 3 is 3.00 bits per heavy atom. The van der Waals surface area contributed by atoms with Gasteiger partial charge in [-0.2, -0.15) is 5.26 Å². The Balaban J connectivity index is 2.19. The first-order chi connectivity index (χ1) is 9.65. The molecule has 2 N–H and O–H groups in total. The summed E-state index contributed by atoms with van der Waals surface area (Å²) in [6, 6.07) is 9.99. The number of nitrogens with zero attached hydrogens (tertiary/aromatic N) is 3. The monoisotopic (exact) mass is 268 g/mol. The first-order valence-corrected chi connectivity index (χ1v) is 6.21. The van der Waals surface area contributed by atoms with Gasteiger partial charge in [0.2, 0.25) is 0 Å². The molecule has 0 spiro atoms. The Kier molecular flexibility index (Phi) is 4.06. The molecule has 0 aliphatic carbocycles. The molecule has 2 rings (SSSR count). The maximum Gasteiger partial charge on any atom is 0.253 e. The van der Waals surface area contributed by atoms with Gasteiger partial charge in [-0.05, 0) is 12.5 Å². The predicted octanol–water partition coefficient (Wildman–Crippen LogP) is 2.41. The number of hydrogen-bond acceptors (Lipinski definition) is 4. The van der Waals surface area contributed by atoms with Gasteiger partial charge in [-0.15, -0.1) is 11.7 Å². The van der Waals surface area contributed by atoms with Crippen molar-refractivity contribution in [3.63, 3.8) is 0 Å². The van der Waals surface area contributed by atoms with E-state index in [0.717, 1.165) is 11.1 Å². The van der Waals surface area contributed by atoms with E-state index in [1.165, 1.54) is 4.68 Å². The molecule has 5 nitrogen and oxygen atoms in total. The van der Waals surface area contributed by atoms with Crippen LogP contribution < -0.4 is 10.5 Å². The minimum atomic E-state index is 0.258. The van der Waals surface area contributed by atoms with E-state index in [4.69, 9.17) is 15.7 Å². The first kappa shape index (κ1) is 13.7. The van der Waals surface area contributed by atoms with Crippen molar-refractivity contribution in [3.8, 4) is 11.9 Å². The fourth-order valence-corrected chi connectivity index (χ4v) is 1.87. The van der Waals surface area contributed by atoms with Gasteiger partial charge in [0.15, 0.2) is 5.56 Å². The van der Waals surface area contributed by atoms with E-state index in [1.807, 2.05) is 37.3 Å². The van der Waals surface area contributed by atoms with E-state index in [1.54, 1.807) is 6.08 Å². The molecular formula is C15H16N4O. The fourth-order valence-electron chi connectivity index (χ4n) is 1.87. The quantitative estimate of drug-likeness (QED) is 0.845. The Hall–Kier alpha value is -2.74. The summed E-state index contributed by atoms with van der Waals surface area (Å²) in [6.45, 7) is 6.43. The van der Waals surface area contributed by atoms with Gasteiger partial charge < -0.3 is 10.5 Å². The molecule has 0 aliphatic heterocycles. The number of hydrogen-bond donors (Lipinski definition) is 1. The van der Waals surface area contributed by atoms with E-state index in [2.05, 4.69) is 11.7 Å². The summed E-state index contributed by atoms with van der Waals surface area (Å²) >= 11 is 0. The van der Waals surface area contributed by atoms with Crippen molar-refractivity contribution in [3.05, 3.63) is 53.6 Å². The summed E-state index contributed by atoms with van der Waals surface area (Å²) in [5, 5.41) is 13.3. The molecule has 0 unspecified atom stereocenters. The molecule has 1 aromatic heterocycles. The number of aromatic nitrogens is 2. The van der Waals surface area contributed by atoms with Gasteiger partial charge in [-0.25, -0.2) is 4.68 Å². The number of anilines is 1. The van der Waals surface area contributed by atoms with Crippen molar-refractivity contribution in [2.75, 3.05) is 5.73 Å². The van der Waals surface area contributed by atoms with Gasteiger partial charge in [0.05, 0.1) is 6.54 Å². The number of nitriles is 1. The van der Waals surface area contributed by atoms with Gasteiger partial charge in [0, 0.05) is 0 Å². The van der Waals surface area contributed by atoms with Crippen molar-refractivity contribution >= 4 is 5.82 Å². The van der Waals surface area contributed by atoms with Crippen LogP contribution in [0.4, 0.5) is 5.82 Å². The molecule has 102 valence electrons. The van der Waals surface area contributed by atoms with Crippen LogP contribution in [0.2, 0.25) is 0 Å². The topological polar surface area (TPSA) is 76.9 Å². The standard InChI is InChI=1S/C15H16N4O/c1-3-7-19-14(17)13(9-16)15(18-19)20-10-12-6-4-5-11(2)8-12/h3-6,8H,1,7,10,17H2,2H3. The van der Waals surface area contributed by atoms with Crippen LogP contribution in [0, 0.1) is 18.3 Å². The summed E-state index contributed by atoms with van der Waals surface area (Å²) in [7, 11) is 0. The smallest absolute Gasteiger partial charge is 0.253 e. The predicted molar refractivity (Wildman–Crippen MR) is 77.1 cm³/mol. The van der Waals surface area contributed by atoms with Crippen LogP contribution in [0.15, 0.2) is 36.9 Å². The Bertz CT molecular complexity index is 667. The molecule has 1 heterocycles. The van der Waals surface area contributed by atoms with Gasteiger partial charge in [0.1, 0.15) is 18.5 Å². The van der Waals surface area contributed by atoms with Crippen LogP contribution in [0.5, 0.6) is 5.88 Å². The second kappa shape index (κ2) is 5.93. The molecule has 0 saturated heterocycles. The minimum Gasteiger partial charge on any atom is -0.471 e. The summed E-state index contributed by atoms with van der Waals surface area (Å²) in [5.74, 6) is 0.556. The third-order valence-corrected chi connectivity index (χ3v) is 2.83. The van der Waals surface area contributed by atoms with Crippen molar-refractivity contribution in [1.82, 2.24) is 9.78 Å². The Morgan fingerprint density at radius 2 is 2.35 bits per heavy atom. The molecule has 0 amide bonds. The molecule has 1 aromatic carbocycles. The Morgan fingerprint density at radius 1 is 1.55 bits per heavy atom. The Labute approximate surface area is 117 Å². The lowest BCUT2D eigenvalue weighted by atomic mass is 10.1. The molecule has 20 heavy (non-hydrogen) atoms. The number of nitrogens with two attached hydrogens (primary N) is 1. The molecule has 0 bridgehead atoms. The van der Waals surface area contributed by atoms with E-state index in [9.17, 15) is 0 Å². The number of benzene rings is 1. The van der Waals surface area contributed by atoms with Gasteiger partial charge >= 0.3 is 0 Å². The number of ether oxygens (including phenoxy) is 1. The molecule has 0 radical (unpaired) electrons. The number of allylic oxidation sites excluding steroid dienone is 1. The third kappa shape index (κ3) is 2.81. The zero-order valence-corrected chi connectivity index (χ0v) is 11.3. The van der Waals surface area contributed by atoms with Crippen molar-refractivity contribution in [2.45, 2.75) is 20.1 Å². The highest BCUT2D eigenvalue weighted by Crippen LogP contribution is 2.23. The lowest BCUT2D eigenvalue weighted by Crippen LogP contribution is -2.03. The van der Waals surface area contributed by atoms with Crippen LogP contribution in [0.1, 0.15) is 16.7 Å². The molecule has 0 saturated carbocycles. The molecule has 0 atom stereocenters. The zero-order chi connectivity index (χ0) is 14.5. The van der Waals surface area contributed by atoms with Crippen LogP contribution in [-0.4, -0.2) is 9.78 Å². The lowest BCUT2D eigenvalue weighted by Gasteiger charge is -2.04. The van der Waals surface area contributed by atoms with Crippen molar-refractivity contribution < 1.29 is 4.74 Å². The molecule has 5 heteroatoms. The van der Waals surface area contributed by atoms with Crippen molar-refractivity contribution in [2.24, 2.45) is 0 Å². The van der Waals surface area contributed by atoms with Crippen molar-refractivity contribution in [1.29, 1.82) is 5.26 Å². The molecular weight excluding hydrogens is 252 g/mol. The molecule has 0 fully saturated rings. The van der Waals surface area contributed by atoms with E-state index in [0.29, 0.717) is 19.0 Å². The second-order valence-corrected chi connectivity index (χ2v) is 4.43. The van der Waals surface area contributed by atoms with E-state index in [-0.39, 0.29) is 11.4 Å². The van der Waals surface area contributed by atoms with Crippen LogP contribution in [-0.2, 0) is 13.2 Å². The highest BCUT2D eigenvalue weighted by atomic mass is 16.5. The van der Waals surface area contributed by atoms with Gasteiger partial charge in [-0.3, -0.25) is 0 Å². The summed E-state index contributed by atoms with van der Waals surface area (Å²) in [6.07, 6.45) is 1.66. The largest absolute Gasteiger partial charge is 0.471 e. The summed E-state index contributed by atoms with van der Waals surface area (Å²) in [4.78, 5) is 0. The SMILES string of the molecule is C=CCn1nc(OCc2cccc(C)c2)c(C#N)c1N. The number of nitrogen functional groups attached to an aromatic ring is 1. The minimum absolute atomic E-state index is 0.258. The highest BCUT2D eigenvalue weighted by molar-refractivity contribution is 5.55. The number of aryl methyl sites for hydroxylation is 1. The zero-order valence-electron chi connectivity index (χ0n) is 11.3. The average Bonchev–Trinajstić information content (AvgIpc) is 2.73. The van der Waals surface area contributed by atoms with E-state index >= 15 is 0 Å². The fraction of sp³-hybridized carbons (Fsp3) is 0.200. The second-order valence-electron chi connectivity index (χ2n) is 4.43. The normalized spacial score (nSPS) is 10.0. The van der Waals surface area contributed by atoms with Crippen LogP contribution in [0.3, 0.4) is 0 Å². The molecule has 2 aromatic rings. The lowest BCUT2D eigenvalue weighted by molar-refractivity contribution is 0.289. The van der Waals surface area contributed by atoms with Gasteiger partial charge in [0.25, 0.3) is 5.88 Å². The first-order valence-electron chi connectivity index (χ1n) is 6.21. The third-order valence-electron chi connectivity index (χ3n) is 2.83. The van der Waals surface area contributed by atoms with Crippen LogP contribution >= 0.6 is 0 Å². The van der Waals surface area contributed by atoms with Crippen LogP contribution in [0.25, 0.3) is 0 Å². The van der Waals surface area contributed by atoms with E-state index < -0.39 is 0 Å². The summed E-state index contributed by atoms with van der Waals surface area (Å²) < 4.78 is 7.11. The molecule has 0 aliphatic rings. The average molecular weight is 268 g/mol. The van der Waals surface area contributed by atoms with Gasteiger partial charge in [-0.1, -0.05) is 35.9 Å². The number of rotatable bonds is 5. The maximum atomic E-state index is 9.13. The summed E-state index contributed by atoms with van der Waals surface area (Å²) in [5.41, 5.74) is 8.28.